The number of anilines is 1. The molecule has 0 radical (unpaired) electrons. The summed E-state index contributed by atoms with van der Waals surface area (Å²) in [4.78, 5) is 22.6. The molecule has 3 aromatic rings. The summed E-state index contributed by atoms with van der Waals surface area (Å²) in [6.45, 7) is 11.1. The maximum atomic E-state index is 11.2. The topological polar surface area (TPSA) is 134 Å². The third-order valence-electron chi connectivity index (χ3n) is 5.79. The summed E-state index contributed by atoms with van der Waals surface area (Å²) < 4.78 is 11.5. The Morgan fingerprint density at radius 3 is 2.53 bits per heavy atom. The molecule has 3 N–H and O–H groups in total. The van der Waals surface area contributed by atoms with Crippen LogP contribution in [-0.4, -0.2) is 70.2 Å². The molecule has 0 aliphatic heterocycles. The molecule has 0 fully saturated rings. The fraction of sp³-hybridized carbons (Fsp3) is 0.462. The molecule has 0 unspecified atom stereocenters. The van der Waals surface area contributed by atoms with Crippen molar-refractivity contribution in [2.45, 2.75) is 47.1 Å². The van der Waals surface area contributed by atoms with Gasteiger partial charge in [-0.15, -0.1) is 0 Å². The van der Waals surface area contributed by atoms with E-state index in [1.165, 1.54) is 0 Å². The third kappa shape index (κ3) is 6.58. The fourth-order valence-electron chi connectivity index (χ4n) is 3.91. The van der Waals surface area contributed by atoms with E-state index in [4.69, 9.17) is 14.4 Å². The second-order valence-electron chi connectivity index (χ2n) is 8.51. The highest BCUT2D eigenvalue weighted by Gasteiger charge is 2.18. The van der Waals surface area contributed by atoms with Gasteiger partial charge in [-0.3, -0.25) is 4.79 Å². The Labute approximate surface area is 211 Å². The summed E-state index contributed by atoms with van der Waals surface area (Å²) in [6, 6.07) is 7.77. The molecule has 10 nitrogen and oxygen atoms in total. The van der Waals surface area contributed by atoms with Crippen molar-refractivity contribution in [2.24, 2.45) is 0 Å². The van der Waals surface area contributed by atoms with Crippen LogP contribution in [0.4, 0.5) is 5.82 Å². The van der Waals surface area contributed by atoms with Gasteiger partial charge in [0.05, 0.1) is 0 Å². The van der Waals surface area contributed by atoms with Crippen LogP contribution < -0.4 is 15.0 Å². The maximum Gasteiger partial charge on any atom is 0.258 e. The third-order valence-corrected chi connectivity index (χ3v) is 5.79. The number of nitrogens with one attached hydrogen (secondary N) is 1. The maximum absolute atomic E-state index is 11.2. The minimum Gasteiger partial charge on any atom is -0.490 e. The zero-order valence-electron chi connectivity index (χ0n) is 21.5. The summed E-state index contributed by atoms with van der Waals surface area (Å²) >= 11 is 0. The van der Waals surface area contributed by atoms with E-state index in [0.29, 0.717) is 23.9 Å². The lowest BCUT2D eigenvalue weighted by Crippen LogP contribution is -2.36. The molecule has 0 aliphatic rings. The average Bonchev–Trinajstić information content (AvgIpc) is 3.37. The number of hydrogen-bond donors (Lipinski definition) is 3. The van der Waals surface area contributed by atoms with Gasteiger partial charge in [-0.2, -0.15) is 4.98 Å². The standard InChI is InChI=1S/C26H35N5O5/c1-6-18-11-20(9-16(4)24(18)35-15-21(33)13-27-23(34)14-32)26-29-25(30-36-26)19-10-17(5)28-22(12-19)31(7-2)8-3/h9-12,21,32-33H,6-8,13-15H2,1-5H3,(H,27,34)/t21-/m0/s1. The van der Waals surface area contributed by atoms with Crippen molar-refractivity contribution in [1.29, 1.82) is 0 Å². The number of ether oxygens (including phenoxy) is 1. The van der Waals surface area contributed by atoms with Crippen LogP contribution in [0.15, 0.2) is 28.8 Å². The number of pyridine rings is 1. The van der Waals surface area contributed by atoms with Crippen LogP contribution in [0.3, 0.4) is 0 Å². The largest absolute Gasteiger partial charge is 0.490 e. The van der Waals surface area contributed by atoms with Gasteiger partial charge in [-0.1, -0.05) is 12.1 Å². The van der Waals surface area contributed by atoms with Gasteiger partial charge in [0.25, 0.3) is 5.89 Å². The number of rotatable bonds is 12. The van der Waals surface area contributed by atoms with E-state index in [1.54, 1.807) is 0 Å². The van der Waals surface area contributed by atoms with Crippen LogP contribution in [0.2, 0.25) is 0 Å². The molecule has 2 heterocycles. The SMILES string of the molecule is CCc1cc(-c2nc(-c3cc(C)nc(N(CC)CC)c3)no2)cc(C)c1OC[C@@H](O)CNC(=O)CO. The molecule has 1 atom stereocenters. The summed E-state index contributed by atoms with van der Waals surface area (Å²) in [7, 11) is 0. The van der Waals surface area contributed by atoms with Gasteiger partial charge in [0.1, 0.15) is 30.9 Å². The Morgan fingerprint density at radius 1 is 1.11 bits per heavy atom. The Morgan fingerprint density at radius 2 is 1.86 bits per heavy atom. The molecule has 0 spiro atoms. The molecule has 0 aliphatic carbocycles. The minimum atomic E-state index is -0.909. The number of aromatic nitrogens is 3. The lowest BCUT2D eigenvalue weighted by molar-refractivity contribution is -0.124. The molecule has 1 amide bonds. The van der Waals surface area contributed by atoms with Crippen molar-refractivity contribution < 1.29 is 24.3 Å². The van der Waals surface area contributed by atoms with Gasteiger partial charge in [0.2, 0.25) is 11.7 Å². The van der Waals surface area contributed by atoms with Gasteiger partial charge in [0, 0.05) is 36.5 Å². The number of aliphatic hydroxyl groups is 2. The molecular weight excluding hydrogens is 462 g/mol. The van der Waals surface area contributed by atoms with E-state index in [-0.39, 0.29) is 13.2 Å². The van der Waals surface area contributed by atoms with Crippen molar-refractivity contribution in [3.8, 4) is 28.6 Å². The van der Waals surface area contributed by atoms with Gasteiger partial charge in [-0.25, -0.2) is 4.98 Å². The number of carbonyl (C=O) groups is 1. The highest BCUT2D eigenvalue weighted by atomic mass is 16.5. The van der Waals surface area contributed by atoms with Crippen LogP contribution in [0.25, 0.3) is 22.8 Å². The molecule has 3 rings (SSSR count). The number of amides is 1. The first-order valence-corrected chi connectivity index (χ1v) is 12.2. The van der Waals surface area contributed by atoms with Crippen molar-refractivity contribution in [3.63, 3.8) is 0 Å². The van der Waals surface area contributed by atoms with E-state index in [2.05, 4.69) is 39.2 Å². The second kappa shape index (κ2) is 12.5. The molecule has 1 aromatic carbocycles. The van der Waals surface area contributed by atoms with E-state index >= 15 is 0 Å². The summed E-state index contributed by atoms with van der Waals surface area (Å²) in [5.41, 5.74) is 4.29. The molecule has 36 heavy (non-hydrogen) atoms. The summed E-state index contributed by atoms with van der Waals surface area (Å²) in [6.07, 6.45) is -0.216. The van der Waals surface area contributed by atoms with Crippen LogP contribution in [0.5, 0.6) is 5.75 Å². The van der Waals surface area contributed by atoms with Crippen molar-refractivity contribution in [2.75, 3.05) is 37.7 Å². The van der Waals surface area contributed by atoms with Gasteiger partial charge in [0.15, 0.2) is 0 Å². The lowest BCUT2D eigenvalue weighted by Gasteiger charge is -2.20. The first-order chi connectivity index (χ1) is 17.3. The molecule has 10 heteroatoms. The Kier molecular flexibility index (Phi) is 9.38. The normalized spacial score (nSPS) is 11.9. The van der Waals surface area contributed by atoms with E-state index < -0.39 is 18.6 Å². The lowest BCUT2D eigenvalue weighted by atomic mass is 10.0. The quantitative estimate of drug-likeness (QED) is 0.345. The smallest absolute Gasteiger partial charge is 0.258 e. The number of aryl methyl sites for hydroxylation is 3. The number of hydrogen-bond acceptors (Lipinski definition) is 9. The monoisotopic (exact) mass is 497 g/mol. The highest BCUT2D eigenvalue weighted by Crippen LogP contribution is 2.32. The first-order valence-electron chi connectivity index (χ1n) is 12.2. The van der Waals surface area contributed by atoms with Crippen molar-refractivity contribution >= 4 is 11.7 Å². The molecule has 0 saturated heterocycles. The molecule has 0 saturated carbocycles. The van der Waals surface area contributed by atoms with Crippen LogP contribution >= 0.6 is 0 Å². The molecule has 0 bridgehead atoms. The highest BCUT2D eigenvalue weighted by molar-refractivity contribution is 5.76. The number of aliphatic hydroxyl groups excluding tert-OH is 2. The van der Waals surface area contributed by atoms with Gasteiger partial charge >= 0.3 is 0 Å². The zero-order valence-corrected chi connectivity index (χ0v) is 21.5. The Hall–Kier alpha value is -3.50. The van der Waals surface area contributed by atoms with Gasteiger partial charge in [-0.05, 0) is 69.5 Å². The van der Waals surface area contributed by atoms with Crippen LogP contribution in [-0.2, 0) is 11.2 Å². The average molecular weight is 498 g/mol. The predicted octanol–water partition coefficient (Wildman–Crippen LogP) is 2.67. The second-order valence-corrected chi connectivity index (χ2v) is 8.51. The first kappa shape index (κ1) is 27.1. The minimum absolute atomic E-state index is 0.000133. The van der Waals surface area contributed by atoms with E-state index in [0.717, 1.165) is 46.9 Å². The van der Waals surface area contributed by atoms with Crippen molar-refractivity contribution in [1.82, 2.24) is 20.4 Å². The van der Waals surface area contributed by atoms with Crippen molar-refractivity contribution in [3.05, 3.63) is 41.1 Å². The molecular formula is C26H35N5O5. The number of carbonyl (C=O) groups excluding carboxylic acids is 1. The van der Waals surface area contributed by atoms with Crippen LogP contribution in [0.1, 0.15) is 37.6 Å². The predicted molar refractivity (Wildman–Crippen MR) is 137 cm³/mol. The molecule has 194 valence electrons. The van der Waals surface area contributed by atoms with E-state index in [9.17, 15) is 9.90 Å². The Bertz CT molecular complexity index is 1180. The summed E-state index contributed by atoms with van der Waals surface area (Å²) in [5, 5.41) is 25.5. The van der Waals surface area contributed by atoms with Gasteiger partial charge < -0.3 is 29.7 Å². The van der Waals surface area contributed by atoms with E-state index in [1.807, 2.05) is 45.0 Å². The van der Waals surface area contributed by atoms with Crippen LogP contribution in [0, 0.1) is 13.8 Å². The number of nitrogens with zero attached hydrogens (tertiary/aromatic N) is 4. The fourth-order valence-corrected chi connectivity index (χ4v) is 3.91. The zero-order chi connectivity index (χ0) is 26.2. The summed E-state index contributed by atoms with van der Waals surface area (Å²) in [5.74, 6) is 1.90. The Balaban J connectivity index is 1.81. The number of benzene rings is 1. The molecule has 2 aromatic heterocycles.